The molecule has 0 fully saturated rings. The maximum Gasteiger partial charge on any atom is 0.191 e. The van der Waals surface area contributed by atoms with Crippen LogP contribution in [0.25, 0.3) is 0 Å². The number of hydrogen-bond acceptors (Lipinski definition) is 2. The van der Waals surface area contributed by atoms with Gasteiger partial charge in [-0.15, -0.1) is 24.0 Å². The first-order chi connectivity index (χ1) is 9.71. The van der Waals surface area contributed by atoms with Crippen LogP contribution in [0.4, 0.5) is 0 Å². The molecule has 1 unspecified atom stereocenters. The third kappa shape index (κ3) is 7.66. The molecule has 4 nitrogen and oxygen atoms in total. The predicted molar refractivity (Wildman–Crippen MR) is 100 cm³/mol. The lowest BCUT2D eigenvalue weighted by Gasteiger charge is -2.14. The summed E-state index contributed by atoms with van der Waals surface area (Å²) in [6.45, 7) is 8.62. The second-order valence-electron chi connectivity index (χ2n) is 4.99. The van der Waals surface area contributed by atoms with Gasteiger partial charge < -0.3 is 15.7 Å². The summed E-state index contributed by atoms with van der Waals surface area (Å²) < 4.78 is 0. The second kappa shape index (κ2) is 11.8. The number of nitrogens with zero attached hydrogens (tertiary/aromatic N) is 1. The molecule has 3 N–H and O–H groups in total. The highest BCUT2D eigenvalue weighted by atomic mass is 127. The van der Waals surface area contributed by atoms with Crippen molar-refractivity contribution in [2.24, 2.45) is 10.9 Å². The number of guanidine groups is 1. The Morgan fingerprint density at radius 2 is 1.86 bits per heavy atom. The van der Waals surface area contributed by atoms with Gasteiger partial charge in [-0.3, -0.25) is 0 Å². The van der Waals surface area contributed by atoms with E-state index in [4.69, 9.17) is 5.11 Å². The Balaban J connectivity index is 0.00000400. The molecule has 0 aromatic heterocycles. The average Bonchev–Trinajstić information content (AvgIpc) is 2.49. The monoisotopic (exact) mass is 405 g/mol. The van der Waals surface area contributed by atoms with Crippen LogP contribution in [0.1, 0.15) is 31.9 Å². The second-order valence-corrected chi connectivity index (χ2v) is 4.99. The number of aliphatic imine (C=N–C) groups is 1. The molecule has 0 bridgehead atoms. The normalized spacial score (nSPS) is 12.5. The fourth-order valence-electron chi connectivity index (χ4n) is 1.90. The molecule has 0 aliphatic heterocycles. The van der Waals surface area contributed by atoms with E-state index in [0.717, 1.165) is 25.5 Å². The van der Waals surface area contributed by atoms with Crippen molar-refractivity contribution >= 4 is 29.9 Å². The molecule has 5 heteroatoms. The van der Waals surface area contributed by atoms with Crippen LogP contribution in [0.15, 0.2) is 29.3 Å². The molecule has 1 aromatic carbocycles. The Labute approximate surface area is 145 Å². The standard InChI is InChI=1S/C16H27N3O.HI/c1-4-14-8-6-7-9-15(14)11-19-16(17-5-2)18-10-13(3)12-20;/h6-9,13,20H,4-5,10-12H2,1-3H3,(H2,17,18,19);1H. The van der Waals surface area contributed by atoms with Gasteiger partial charge in [0.15, 0.2) is 5.96 Å². The molecule has 0 amide bonds. The molecule has 0 spiro atoms. The van der Waals surface area contributed by atoms with Gasteiger partial charge >= 0.3 is 0 Å². The summed E-state index contributed by atoms with van der Waals surface area (Å²) in [7, 11) is 0. The topological polar surface area (TPSA) is 56.7 Å². The first-order valence-corrected chi connectivity index (χ1v) is 7.41. The number of benzene rings is 1. The molecule has 1 atom stereocenters. The third-order valence-electron chi connectivity index (χ3n) is 3.18. The maximum absolute atomic E-state index is 9.05. The van der Waals surface area contributed by atoms with E-state index in [1.54, 1.807) is 0 Å². The molecule has 21 heavy (non-hydrogen) atoms. The van der Waals surface area contributed by atoms with Crippen LogP contribution >= 0.6 is 24.0 Å². The zero-order chi connectivity index (χ0) is 14.8. The fourth-order valence-corrected chi connectivity index (χ4v) is 1.90. The van der Waals surface area contributed by atoms with Crippen molar-refractivity contribution in [2.45, 2.75) is 33.7 Å². The number of aryl methyl sites for hydroxylation is 1. The number of hydrogen-bond donors (Lipinski definition) is 3. The summed E-state index contributed by atoms with van der Waals surface area (Å²) in [5.41, 5.74) is 2.61. The highest BCUT2D eigenvalue weighted by molar-refractivity contribution is 14.0. The Morgan fingerprint density at radius 1 is 1.19 bits per heavy atom. The highest BCUT2D eigenvalue weighted by Crippen LogP contribution is 2.10. The number of aliphatic hydroxyl groups is 1. The maximum atomic E-state index is 9.05. The van der Waals surface area contributed by atoms with Gasteiger partial charge in [0.05, 0.1) is 6.54 Å². The van der Waals surface area contributed by atoms with E-state index in [1.165, 1.54) is 11.1 Å². The van der Waals surface area contributed by atoms with Crippen LogP contribution in [-0.4, -0.2) is 30.8 Å². The molecular weight excluding hydrogens is 377 g/mol. The van der Waals surface area contributed by atoms with Crippen molar-refractivity contribution in [1.29, 1.82) is 0 Å². The van der Waals surface area contributed by atoms with Crippen molar-refractivity contribution in [3.63, 3.8) is 0 Å². The third-order valence-corrected chi connectivity index (χ3v) is 3.18. The molecule has 1 aromatic rings. The Hall–Kier alpha value is -0.820. The molecule has 120 valence electrons. The summed E-state index contributed by atoms with van der Waals surface area (Å²) in [5.74, 6) is 1.03. The molecule has 0 heterocycles. The van der Waals surface area contributed by atoms with Crippen molar-refractivity contribution < 1.29 is 5.11 Å². The molecule has 0 aliphatic rings. The van der Waals surface area contributed by atoms with Crippen LogP contribution in [0.2, 0.25) is 0 Å². The van der Waals surface area contributed by atoms with E-state index in [9.17, 15) is 0 Å². The summed E-state index contributed by atoms with van der Waals surface area (Å²) in [6.07, 6.45) is 1.03. The lowest BCUT2D eigenvalue weighted by Crippen LogP contribution is -2.39. The van der Waals surface area contributed by atoms with Crippen molar-refractivity contribution in [2.75, 3.05) is 19.7 Å². The van der Waals surface area contributed by atoms with Gasteiger partial charge in [0.25, 0.3) is 0 Å². The summed E-state index contributed by atoms with van der Waals surface area (Å²) in [6, 6.07) is 8.40. The molecule has 0 aliphatic carbocycles. The van der Waals surface area contributed by atoms with Gasteiger partial charge in [-0.1, -0.05) is 38.1 Å². The van der Waals surface area contributed by atoms with E-state index in [2.05, 4.69) is 46.8 Å². The summed E-state index contributed by atoms with van der Waals surface area (Å²) in [5, 5.41) is 15.5. The Bertz CT molecular complexity index is 424. The summed E-state index contributed by atoms with van der Waals surface area (Å²) >= 11 is 0. The number of halogens is 1. The Morgan fingerprint density at radius 3 is 2.43 bits per heavy atom. The van der Waals surface area contributed by atoms with Crippen LogP contribution in [0, 0.1) is 5.92 Å². The lowest BCUT2D eigenvalue weighted by atomic mass is 10.1. The highest BCUT2D eigenvalue weighted by Gasteiger charge is 2.03. The molecule has 0 radical (unpaired) electrons. The first kappa shape index (κ1) is 20.2. The minimum Gasteiger partial charge on any atom is -0.396 e. The van der Waals surface area contributed by atoms with Crippen LogP contribution in [-0.2, 0) is 13.0 Å². The predicted octanol–water partition coefficient (Wildman–Crippen LogP) is 2.55. The SMILES string of the molecule is CCNC(=NCc1ccccc1CC)NCC(C)CO.I. The van der Waals surface area contributed by atoms with Gasteiger partial charge in [-0.2, -0.15) is 0 Å². The smallest absolute Gasteiger partial charge is 0.191 e. The van der Waals surface area contributed by atoms with Crippen LogP contribution in [0.5, 0.6) is 0 Å². The molecular formula is C16H28IN3O. The minimum atomic E-state index is 0. The number of nitrogens with one attached hydrogen (secondary N) is 2. The van der Waals surface area contributed by atoms with E-state index in [-0.39, 0.29) is 36.5 Å². The Kier molecular flexibility index (Phi) is 11.3. The fraction of sp³-hybridized carbons (Fsp3) is 0.562. The van der Waals surface area contributed by atoms with Gasteiger partial charge in [0, 0.05) is 19.7 Å². The van der Waals surface area contributed by atoms with Crippen molar-refractivity contribution in [1.82, 2.24) is 10.6 Å². The van der Waals surface area contributed by atoms with Crippen LogP contribution in [0.3, 0.4) is 0 Å². The largest absolute Gasteiger partial charge is 0.396 e. The minimum absolute atomic E-state index is 0. The number of aliphatic hydroxyl groups excluding tert-OH is 1. The summed E-state index contributed by atoms with van der Waals surface area (Å²) in [4.78, 5) is 4.61. The first-order valence-electron chi connectivity index (χ1n) is 7.41. The van der Waals surface area contributed by atoms with Gasteiger partial charge in [0.1, 0.15) is 0 Å². The molecule has 0 saturated heterocycles. The van der Waals surface area contributed by atoms with E-state index in [0.29, 0.717) is 6.54 Å². The van der Waals surface area contributed by atoms with Gasteiger partial charge in [-0.05, 0) is 30.4 Å². The molecule has 0 saturated carbocycles. The van der Waals surface area contributed by atoms with Gasteiger partial charge in [0.2, 0.25) is 0 Å². The zero-order valence-corrected chi connectivity index (χ0v) is 15.6. The van der Waals surface area contributed by atoms with E-state index in [1.807, 2.05) is 13.8 Å². The zero-order valence-electron chi connectivity index (χ0n) is 13.2. The quantitative estimate of drug-likeness (QED) is 0.371. The molecule has 1 rings (SSSR count). The number of rotatable bonds is 7. The lowest BCUT2D eigenvalue weighted by molar-refractivity contribution is 0.238. The van der Waals surface area contributed by atoms with E-state index >= 15 is 0 Å². The average molecular weight is 405 g/mol. The van der Waals surface area contributed by atoms with Crippen LogP contribution < -0.4 is 10.6 Å². The van der Waals surface area contributed by atoms with E-state index < -0.39 is 0 Å². The van der Waals surface area contributed by atoms with Crippen molar-refractivity contribution in [3.05, 3.63) is 35.4 Å². The van der Waals surface area contributed by atoms with Crippen molar-refractivity contribution in [3.8, 4) is 0 Å². The van der Waals surface area contributed by atoms with Gasteiger partial charge in [-0.25, -0.2) is 4.99 Å².